The number of nitrogens with zero attached hydrogens (tertiary/aromatic N) is 2. The van der Waals surface area contributed by atoms with Gasteiger partial charge in [-0.15, -0.1) is 0 Å². The van der Waals surface area contributed by atoms with Crippen LogP contribution in [-0.4, -0.2) is 36.5 Å². The molecule has 0 radical (unpaired) electrons. The van der Waals surface area contributed by atoms with Gasteiger partial charge in [0.05, 0.1) is 12.1 Å². The van der Waals surface area contributed by atoms with Gasteiger partial charge in [0.1, 0.15) is 0 Å². The molecule has 0 aromatic carbocycles. The summed E-state index contributed by atoms with van der Waals surface area (Å²) in [5.74, 6) is 0.135. The summed E-state index contributed by atoms with van der Waals surface area (Å²) in [6.07, 6.45) is 2.28. The molecule has 0 bridgehead atoms. The van der Waals surface area contributed by atoms with Gasteiger partial charge in [-0.2, -0.15) is 5.26 Å². The predicted octanol–water partition coefficient (Wildman–Crippen LogP) is 0.501. The normalized spacial score (nSPS) is 22.9. The van der Waals surface area contributed by atoms with Gasteiger partial charge >= 0.3 is 0 Å². The minimum atomic E-state index is 0.0162. The van der Waals surface area contributed by atoms with E-state index < -0.39 is 0 Å². The first kappa shape index (κ1) is 11.0. The molecule has 4 nitrogen and oxygen atoms in total. The SMILES string of the molecule is CCC1C(=O)NCCN1CCCC#N. The lowest BCUT2D eigenvalue weighted by atomic mass is 10.1. The monoisotopic (exact) mass is 195 g/mol. The van der Waals surface area contributed by atoms with E-state index in [1.165, 1.54) is 0 Å². The highest BCUT2D eigenvalue weighted by atomic mass is 16.2. The molecule has 1 rings (SSSR count). The average molecular weight is 195 g/mol. The summed E-state index contributed by atoms with van der Waals surface area (Å²) in [4.78, 5) is 13.6. The van der Waals surface area contributed by atoms with Crippen molar-refractivity contribution >= 4 is 5.91 Å². The van der Waals surface area contributed by atoms with Crippen molar-refractivity contribution in [1.82, 2.24) is 10.2 Å². The van der Waals surface area contributed by atoms with Gasteiger partial charge in [0.2, 0.25) is 5.91 Å². The second-order valence-electron chi connectivity index (χ2n) is 3.51. The minimum absolute atomic E-state index is 0.0162. The second kappa shape index (κ2) is 5.61. The van der Waals surface area contributed by atoms with Crippen LogP contribution < -0.4 is 5.32 Å². The van der Waals surface area contributed by atoms with E-state index in [9.17, 15) is 4.79 Å². The first-order chi connectivity index (χ1) is 6.79. The van der Waals surface area contributed by atoms with Crippen LogP contribution in [0.3, 0.4) is 0 Å². The summed E-state index contributed by atoms with van der Waals surface area (Å²) in [6.45, 7) is 4.53. The molecule has 1 amide bonds. The summed E-state index contributed by atoms with van der Waals surface area (Å²) >= 11 is 0. The topological polar surface area (TPSA) is 56.1 Å². The second-order valence-corrected chi connectivity index (χ2v) is 3.51. The number of amides is 1. The van der Waals surface area contributed by atoms with Gasteiger partial charge in [0.25, 0.3) is 0 Å². The molecule has 1 saturated heterocycles. The van der Waals surface area contributed by atoms with Gasteiger partial charge in [-0.05, 0) is 19.4 Å². The first-order valence-corrected chi connectivity index (χ1v) is 5.18. The number of nitrogens with one attached hydrogen (secondary N) is 1. The Bertz CT molecular complexity index is 234. The van der Waals surface area contributed by atoms with Crippen LogP contribution in [0.5, 0.6) is 0 Å². The van der Waals surface area contributed by atoms with Crippen molar-refractivity contribution in [3.8, 4) is 6.07 Å². The van der Waals surface area contributed by atoms with Crippen molar-refractivity contribution in [1.29, 1.82) is 5.26 Å². The first-order valence-electron chi connectivity index (χ1n) is 5.18. The number of piperazine rings is 1. The van der Waals surface area contributed by atoms with E-state index in [0.29, 0.717) is 6.42 Å². The molecule has 1 N–H and O–H groups in total. The van der Waals surface area contributed by atoms with Crippen LogP contribution in [0.4, 0.5) is 0 Å². The van der Waals surface area contributed by atoms with Crippen LogP contribution in [-0.2, 0) is 4.79 Å². The van der Waals surface area contributed by atoms with Crippen molar-refractivity contribution in [3.63, 3.8) is 0 Å². The van der Waals surface area contributed by atoms with Crippen LogP contribution in [0.25, 0.3) is 0 Å². The number of hydrogen-bond acceptors (Lipinski definition) is 3. The molecular weight excluding hydrogens is 178 g/mol. The lowest BCUT2D eigenvalue weighted by molar-refractivity contribution is -0.129. The molecule has 1 aliphatic heterocycles. The fraction of sp³-hybridized carbons (Fsp3) is 0.800. The molecule has 0 aromatic rings. The van der Waals surface area contributed by atoms with Gasteiger partial charge in [-0.3, -0.25) is 9.69 Å². The largest absolute Gasteiger partial charge is 0.353 e. The van der Waals surface area contributed by atoms with Crippen molar-refractivity contribution in [2.24, 2.45) is 0 Å². The zero-order chi connectivity index (χ0) is 10.4. The fourth-order valence-electron chi connectivity index (χ4n) is 1.83. The van der Waals surface area contributed by atoms with E-state index in [2.05, 4.69) is 16.3 Å². The highest BCUT2D eigenvalue weighted by molar-refractivity contribution is 5.82. The van der Waals surface area contributed by atoms with Gasteiger partial charge in [0.15, 0.2) is 0 Å². The predicted molar refractivity (Wildman–Crippen MR) is 53.5 cm³/mol. The molecule has 1 unspecified atom stereocenters. The Kier molecular flexibility index (Phi) is 4.41. The third kappa shape index (κ3) is 2.71. The molecule has 1 atom stereocenters. The fourth-order valence-corrected chi connectivity index (χ4v) is 1.83. The zero-order valence-electron chi connectivity index (χ0n) is 8.62. The van der Waals surface area contributed by atoms with Crippen LogP contribution in [0.1, 0.15) is 26.2 Å². The number of carbonyl (C=O) groups excluding carboxylic acids is 1. The van der Waals surface area contributed by atoms with E-state index in [1.54, 1.807) is 0 Å². The van der Waals surface area contributed by atoms with E-state index in [4.69, 9.17) is 5.26 Å². The molecule has 0 aromatic heterocycles. The molecule has 4 heteroatoms. The van der Waals surface area contributed by atoms with Crippen LogP contribution in [0.15, 0.2) is 0 Å². The Morgan fingerprint density at radius 1 is 1.71 bits per heavy atom. The number of rotatable bonds is 4. The maximum absolute atomic E-state index is 11.5. The van der Waals surface area contributed by atoms with Crippen molar-refractivity contribution in [2.45, 2.75) is 32.2 Å². The molecule has 0 saturated carbocycles. The molecule has 0 aliphatic carbocycles. The highest BCUT2D eigenvalue weighted by Crippen LogP contribution is 2.09. The van der Waals surface area contributed by atoms with Crippen LogP contribution >= 0.6 is 0 Å². The van der Waals surface area contributed by atoms with E-state index >= 15 is 0 Å². The maximum atomic E-state index is 11.5. The van der Waals surface area contributed by atoms with Crippen molar-refractivity contribution in [3.05, 3.63) is 0 Å². The molecule has 1 heterocycles. The Balaban J connectivity index is 2.40. The smallest absolute Gasteiger partial charge is 0.237 e. The Morgan fingerprint density at radius 3 is 3.14 bits per heavy atom. The molecule has 1 fully saturated rings. The van der Waals surface area contributed by atoms with E-state index in [-0.39, 0.29) is 11.9 Å². The Hall–Kier alpha value is -1.08. The molecular formula is C10H17N3O. The lowest BCUT2D eigenvalue weighted by Crippen LogP contribution is -2.55. The van der Waals surface area contributed by atoms with Crippen LogP contribution in [0, 0.1) is 11.3 Å². The maximum Gasteiger partial charge on any atom is 0.237 e. The quantitative estimate of drug-likeness (QED) is 0.665. The van der Waals surface area contributed by atoms with Gasteiger partial charge < -0.3 is 5.32 Å². The summed E-state index contributed by atoms with van der Waals surface area (Å²) in [5.41, 5.74) is 0. The molecule has 14 heavy (non-hydrogen) atoms. The Morgan fingerprint density at radius 2 is 2.50 bits per heavy atom. The summed E-state index contributed by atoms with van der Waals surface area (Å²) in [7, 11) is 0. The third-order valence-corrected chi connectivity index (χ3v) is 2.56. The van der Waals surface area contributed by atoms with E-state index in [1.807, 2.05) is 6.92 Å². The third-order valence-electron chi connectivity index (χ3n) is 2.56. The van der Waals surface area contributed by atoms with Gasteiger partial charge in [-0.1, -0.05) is 6.92 Å². The number of carbonyl (C=O) groups is 1. The number of nitriles is 1. The zero-order valence-corrected chi connectivity index (χ0v) is 8.62. The van der Waals surface area contributed by atoms with Crippen molar-refractivity contribution in [2.75, 3.05) is 19.6 Å². The molecule has 1 aliphatic rings. The molecule has 0 spiro atoms. The van der Waals surface area contributed by atoms with E-state index in [0.717, 1.165) is 32.5 Å². The Labute approximate surface area is 84.9 Å². The number of unbranched alkanes of at least 4 members (excludes halogenated alkanes) is 1. The summed E-state index contributed by atoms with van der Waals surface area (Å²) in [5, 5.41) is 11.3. The van der Waals surface area contributed by atoms with Crippen LogP contribution in [0.2, 0.25) is 0 Å². The average Bonchev–Trinajstić information content (AvgIpc) is 2.18. The molecule has 78 valence electrons. The summed E-state index contributed by atoms with van der Waals surface area (Å²) in [6, 6.07) is 2.14. The minimum Gasteiger partial charge on any atom is -0.353 e. The number of hydrogen-bond donors (Lipinski definition) is 1. The highest BCUT2D eigenvalue weighted by Gasteiger charge is 2.26. The van der Waals surface area contributed by atoms with Gasteiger partial charge in [-0.25, -0.2) is 0 Å². The lowest BCUT2D eigenvalue weighted by Gasteiger charge is -2.34. The standard InChI is InChI=1S/C10H17N3O/c1-2-9-10(14)12-6-8-13(9)7-4-3-5-11/h9H,2-4,6-8H2,1H3,(H,12,14). The summed E-state index contributed by atoms with van der Waals surface area (Å²) < 4.78 is 0. The van der Waals surface area contributed by atoms with Crippen molar-refractivity contribution < 1.29 is 4.79 Å². The van der Waals surface area contributed by atoms with Gasteiger partial charge in [0, 0.05) is 19.5 Å².